The molecule has 0 fully saturated rings. The van der Waals surface area contributed by atoms with Gasteiger partial charge in [0.1, 0.15) is 6.07 Å². The van der Waals surface area contributed by atoms with Gasteiger partial charge >= 0.3 is 0 Å². The Kier molecular flexibility index (Phi) is 2.50. The zero-order valence-electron chi connectivity index (χ0n) is 5.81. The minimum absolute atomic E-state index is 0.608. The predicted molar refractivity (Wildman–Crippen MR) is 33.1 cm³/mol. The van der Waals surface area contributed by atoms with Crippen molar-refractivity contribution >= 4 is 0 Å². The van der Waals surface area contributed by atoms with Crippen molar-refractivity contribution in [1.29, 1.82) is 5.26 Å². The molecule has 0 aromatic carbocycles. The van der Waals surface area contributed by atoms with E-state index in [1.807, 2.05) is 14.1 Å². The molecule has 2 heteroatoms. The fourth-order valence-corrected chi connectivity index (χ4v) is 0.303. The second-order valence-electron chi connectivity index (χ2n) is 2.57. The van der Waals surface area contributed by atoms with Crippen LogP contribution in [0.1, 0.15) is 6.92 Å². The van der Waals surface area contributed by atoms with Gasteiger partial charge in [-0.1, -0.05) is 0 Å². The molecule has 0 aromatic heterocycles. The van der Waals surface area contributed by atoms with Crippen LogP contribution in [0.4, 0.5) is 0 Å². The van der Waals surface area contributed by atoms with E-state index in [4.69, 9.17) is 5.26 Å². The molecule has 0 heterocycles. The van der Waals surface area contributed by atoms with Crippen molar-refractivity contribution in [3.63, 3.8) is 0 Å². The van der Waals surface area contributed by atoms with Gasteiger partial charge in [0.25, 0.3) is 0 Å². The summed E-state index contributed by atoms with van der Waals surface area (Å²) >= 11 is 0. The molecule has 8 heavy (non-hydrogen) atoms. The second-order valence-corrected chi connectivity index (χ2v) is 2.57. The Hall–Kier alpha value is -0.550. The third-order valence-corrected chi connectivity index (χ3v) is 1.35. The van der Waals surface area contributed by atoms with Gasteiger partial charge in [0.2, 0.25) is 0 Å². The highest BCUT2D eigenvalue weighted by atomic mass is 15.3. The molecule has 0 aromatic rings. The molecule has 0 saturated carbocycles. The molecular weight excluding hydrogens is 100 g/mol. The molecule has 0 unspecified atom stereocenters. The molecule has 0 aliphatic heterocycles. The van der Waals surface area contributed by atoms with Crippen LogP contribution in [0.25, 0.3) is 0 Å². The summed E-state index contributed by atoms with van der Waals surface area (Å²) < 4.78 is 0.802. The zero-order chi connectivity index (χ0) is 6.62. The van der Waals surface area contributed by atoms with Crippen LogP contribution in [0.2, 0.25) is 0 Å². The highest BCUT2D eigenvalue weighted by Gasteiger charge is 2.08. The van der Waals surface area contributed by atoms with Crippen molar-refractivity contribution in [3.05, 3.63) is 0 Å². The first-order valence-electron chi connectivity index (χ1n) is 2.81. The van der Waals surface area contributed by atoms with E-state index in [0.29, 0.717) is 6.54 Å². The fraction of sp³-hybridized carbons (Fsp3) is 0.833. The number of hydrogen-bond donors (Lipinski definition) is 0. The van der Waals surface area contributed by atoms with Crippen LogP contribution in [-0.4, -0.2) is 31.7 Å². The Balaban J connectivity index is 3.58. The maximum atomic E-state index is 8.27. The quantitative estimate of drug-likeness (QED) is 0.380. The lowest BCUT2D eigenvalue weighted by molar-refractivity contribution is -0.881. The number of nitriles is 1. The van der Waals surface area contributed by atoms with Crippen LogP contribution in [0.3, 0.4) is 0 Å². The van der Waals surface area contributed by atoms with Gasteiger partial charge in [-0.15, -0.1) is 0 Å². The van der Waals surface area contributed by atoms with Crippen LogP contribution in [-0.2, 0) is 0 Å². The normalized spacial score (nSPS) is 10.8. The third-order valence-electron chi connectivity index (χ3n) is 1.35. The molecule has 0 N–H and O–H groups in total. The van der Waals surface area contributed by atoms with E-state index in [2.05, 4.69) is 13.0 Å². The standard InChI is InChI=1S/C6H13N2/c1-4-8(2,3)6-5-7/h4,6H2,1-3H3/q+1. The van der Waals surface area contributed by atoms with Gasteiger partial charge in [-0.3, -0.25) is 0 Å². The number of rotatable bonds is 2. The molecule has 0 saturated heterocycles. The minimum Gasteiger partial charge on any atom is -0.317 e. The van der Waals surface area contributed by atoms with Gasteiger partial charge in [-0.05, 0) is 6.92 Å². The summed E-state index contributed by atoms with van der Waals surface area (Å²) in [5.41, 5.74) is 0. The van der Waals surface area contributed by atoms with Gasteiger partial charge < -0.3 is 4.48 Å². The molecule has 0 bridgehead atoms. The van der Waals surface area contributed by atoms with Gasteiger partial charge in [-0.25, -0.2) is 0 Å². The topological polar surface area (TPSA) is 23.8 Å². The maximum Gasteiger partial charge on any atom is 0.166 e. The summed E-state index contributed by atoms with van der Waals surface area (Å²) in [6.07, 6.45) is 0. The van der Waals surface area contributed by atoms with Crippen LogP contribution in [0.5, 0.6) is 0 Å². The van der Waals surface area contributed by atoms with Gasteiger partial charge in [0.15, 0.2) is 6.54 Å². The molecule has 0 rings (SSSR count). The molecule has 0 atom stereocenters. The van der Waals surface area contributed by atoms with Gasteiger partial charge in [0, 0.05) is 0 Å². The summed E-state index contributed by atoms with van der Waals surface area (Å²) in [6, 6.07) is 2.13. The van der Waals surface area contributed by atoms with Crippen LogP contribution >= 0.6 is 0 Å². The number of hydrogen-bond acceptors (Lipinski definition) is 1. The van der Waals surface area contributed by atoms with E-state index in [0.717, 1.165) is 11.0 Å². The molecular formula is C6H13N2+. The van der Waals surface area contributed by atoms with E-state index in [1.165, 1.54) is 0 Å². The second kappa shape index (κ2) is 2.68. The van der Waals surface area contributed by atoms with Crippen molar-refractivity contribution in [2.75, 3.05) is 27.2 Å². The summed E-state index contributed by atoms with van der Waals surface area (Å²) in [4.78, 5) is 0. The van der Waals surface area contributed by atoms with Gasteiger partial charge in [0.05, 0.1) is 20.6 Å². The first-order valence-corrected chi connectivity index (χ1v) is 2.81. The van der Waals surface area contributed by atoms with Crippen molar-refractivity contribution in [2.24, 2.45) is 0 Å². The number of quaternary nitrogens is 1. The van der Waals surface area contributed by atoms with E-state index in [9.17, 15) is 0 Å². The minimum atomic E-state index is 0.608. The van der Waals surface area contributed by atoms with Gasteiger partial charge in [-0.2, -0.15) is 5.26 Å². The molecule has 2 nitrogen and oxygen atoms in total. The highest BCUT2D eigenvalue weighted by molar-refractivity contribution is 4.66. The SMILES string of the molecule is CC[N+](C)(C)CC#N. The van der Waals surface area contributed by atoms with E-state index < -0.39 is 0 Å². The van der Waals surface area contributed by atoms with Crippen LogP contribution in [0, 0.1) is 11.3 Å². The molecule has 0 aliphatic rings. The Labute approximate surface area is 50.9 Å². The smallest absolute Gasteiger partial charge is 0.166 e. The summed E-state index contributed by atoms with van der Waals surface area (Å²) in [5, 5.41) is 8.27. The maximum absolute atomic E-state index is 8.27. The Morgan fingerprint density at radius 3 is 2.12 bits per heavy atom. The summed E-state index contributed by atoms with van der Waals surface area (Å²) in [5.74, 6) is 0. The largest absolute Gasteiger partial charge is 0.317 e. The highest BCUT2D eigenvalue weighted by Crippen LogP contribution is 1.91. The Bertz CT molecular complexity index is 99.6. The van der Waals surface area contributed by atoms with Crippen LogP contribution < -0.4 is 0 Å². The van der Waals surface area contributed by atoms with Crippen molar-refractivity contribution in [1.82, 2.24) is 0 Å². The average molecular weight is 113 g/mol. The third kappa shape index (κ3) is 2.59. The lowest BCUT2D eigenvalue weighted by Crippen LogP contribution is -2.39. The summed E-state index contributed by atoms with van der Waals surface area (Å²) in [7, 11) is 4.09. The molecule has 0 aliphatic carbocycles. The lowest BCUT2D eigenvalue weighted by Gasteiger charge is -2.23. The molecule has 0 radical (unpaired) electrons. The molecule has 0 amide bonds. The first-order chi connectivity index (χ1) is 3.62. The van der Waals surface area contributed by atoms with E-state index in [1.54, 1.807) is 0 Å². The van der Waals surface area contributed by atoms with Crippen molar-refractivity contribution in [2.45, 2.75) is 6.92 Å². The van der Waals surface area contributed by atoms with E-state index in [-0.39, 0.29) is 0 Å². The molecule has 0 spiro atoms. The van der Waals surface area contributed by atoms with Crippen molar-refractivity contribution < 1.29 is 4.48 Å². The Morgan fingerprint density at radius 2 is 2.00 bits per heavy atom. The monoisotopic (exact) mass is 113 g/mol. The van der Waals surface area contributed by atoms with E-state index >= 15 is 0 Å². The lowest BCUT2D eigenvalue weighted by atomic mass is 10.5. The van der Waals surface area contributed by atoms with Crippen molar-refractivity contribution in [3.8, 4) is 6.07 Å². The average Bonchev–Trinajstić information content (AvgIpc) is 1.67. The first kappa shape index (κ1) is 7.45. The predicted octanol–water partition coefficient (Wildman–Crippen LogP) is 0.606. The molecule has 46 valence electrons. The number of nitrogens with zero attached hydrogens (tertiary/aromatic N) is 2. The Morgan fingerprint density at radius 1 is 1.50 bits per heavy atom. The fourth-order valence-electron chi connectivity index (χ4n) is 0.303. The zero-order valence-corrected chi connectivity index (χ0v) is 5.81. The van der Waals surface area contributed by atoms with Crippen LogP contribution in [0.15, 0.2) is 0 Å². The summed E-state index contributed by atoms with van der Waals surface area (Å²) in [6.45, 7) is 3.71.